The van der Waals surface area contributed by atoms with E-state index in [2.05, 4.69) is 0 Å². The van der Waals surface area contributed by atoms with Crippen LogP contribution in [0, 0.1) is 11.3 Å². The van der Waals surface area contributed by atoms with E-state index >= 15 is 0 Å². The second kappa shape index (κ2) is 7.29. The summed E-state index contributed by atoms with van der Waals surface area (Å²) >= 11 is 0. The number of carbonyl (C=O) groups excluding carboxylic acids is 1. The zero-order valence-electron chi connectivity index (χ0n) is 12.4. The highest BCUT2D eigenvalue weighted by Crippen LogP contribution is 2.17. The third-order valence-corrected chi connectivity index (χ3v) is 3.26. The van der Waals surface area contributed by atoms with E-state index in [1.54, 1.807) is 38.2 Å². The molecule has 1 rings (SSSR count). The Labute approximate surface area is 124 Å². The van der Waals surface area contributed by atoms with Crippen LogP contribution in [0.1, 0.15) is 25.8 Å². The Kier molecular flexibility index (Phi) is 5.73. The van der Waals surface area contributed by atoms with E-state index in [0.717, 1.165) is 0 Å². The van der Waals surface area contributed by atoms with E-state index in [1.807, 2.05) is 13.0 Å². The minimum atomic E-state index is -0.935. The number of carbonyl (C=O) groups is 2. The van der Waals surface area contributed by atoms with Gasteiger partial charge in [-0.25, -0.2) is 4.79 Å². The zero-order chi connectivity index (χ0) is 16.0. The van der Waals surface area contributed by atoms with Gasteiger partial charge in [-0.1, -0.05) is 0 Å². The summed E-state index contributed by atoms with van der Waals surface area (Å²) in [5, 5.41) is 17.6. The molecule has 6 nitrogen and oxygen atoms in total. The standard InChI is InChI=1S/C15H19N3O3/c1-4-18(11(2)9-14(19)20)15(21)17(3)13-7-5-12(10-16)6-8-13/h5-8,11H,4,9H2,1-3H3,(H,19,20). The van der Waals surface area contributed by atoms with Crippen molar-refractivity contribution in [3.8, 4) is 6.07 Å². The lowest BCUT2D eigenvalue weighted by molar-refractivity contribution is -0.138. The van der Waals surface area contributed by atoms with Crippen molar-refractivity contribution in [2.45, 2.75) is 26.3 Å². The summed E-state index contributed by atoms with van der Waals surface area (Å²) in [5.41, 5.74) is 1.17. The van der Waals surface area contributed by atoms with Crippen molar-refractivity contribution in [3.05, 3.63) is 29.8 Å². The normalized spacial score (nSPS) is 11.3. The van der Waals surface area contributed by atoms with E-state index in [4.69, 9.17) is 10.4 Å². The van der Waals surface area contributed by atoms with Gasteiger partial charge in [0.25, 0.3) is 0 Å². The van der Waals surface area contributed by atoms with Gasteiger partial charge in [-0.2, -0.15) is 5.26 Å². The summed E-state index contributed by atoms with van der Waals surface area (Å²) in [6.45, 7) is 3.94. The Bertz CT molecular complexity index is 548. The maximum absolute atomic E-state index is 12.4. The monoisotopic (exact) mass is 289 g/mol. The molecule has 0 aromatic heterocycles. The number of benzene rings is 1. The third-order valence-electron chi connectivity index (χ3n) is 3.26. The number of hydrogen-bond donors (Lipinski definition) is 1. The second-order valence-corrected chi connectivity index (χ2v) is 4.73. The molecule has 1 unspecified atom stereocenters. The van der Waals surface area contributed by atoms with Crippen LogP contribution in [0.2, 0.25) is 0 Å². The average molecular weight is 289 g/mol. The lowest BCUT2D eigenvalue weighted by Crippen LogP contribution is -2.46. The molecule has 1 aromatic carbocycles. The van der Waals surface area contributed by atoms with Gasteiger partial charge in [0.05, 0.1) is 18.1 Å². The molecule has 0 bridgehead atoms. The first-order chi connectivity index (χ1) is 9.90. The highest BCUT2D eigenvalue weighted by atomic mass is 16.4. The highest BCUT2D eigenvalue weighted by Gasteiger charge is 2.24. The van der Waals surface area contributed by atoms with Crippen LogP contribution in [-0.4, -0.2) is 41.6 Å². The molecular weight excluding hydrogens is 270 g/mol. The molecule has 0 aliphatic heterocycles. The van der Waals surface area contributed by atoms with Crippen LogP contribution in [0.3, 0.4) is 0 Å². The Balaban J connectivity index is 2.88. The van der Waals surface area contributed by atoms with Crippen molar-refractivity contribution >= 4 is 17.7 Å². The van der Waals surface area contributed by atoms with Crippen LogP contribution < -0.4 is 4.90 Å². The van der Waals surface area contributed by atoms with Gasteiger partial charge in [0, 0.05) is 25.3 Å². The van der Waals surface area contributed by atoms with Crippen molar-refractivity contribution in [1.29, 1.82) is 5.26 Å². The zero-order valence-corrected chi connectivity index (χ0v) is 12.4. The molecule has 1 aromatic rings. The summed E-state index contributed by atoms with van der Waals surface area (Å²) in [6.07, 6.45) is -0.0964. The maximum atomic E-state index is 12.4. The van der Waals surface area contributed by atoms with Gasteiger partial charge in [0.15, 0.2) is 0 Å². The van der Waals surface area contributed by atoms with Gasteiger partial charge < -0.3 is 10.0 Å². The van der Waals surface area contributed by atoms with Crippen LogP contribution in [0.4, 0.5) is 10.5 Å². The molecule has 2 amide bonds. The van der Waals surface area contributed by atoms with E-state index in [0.29, 0.717) is 17.8 Å². The van der Waals surface area contributed by atoms with Gasteiger partial charge >= 0.3 is 12.0 Å². The summed E-state index contributed by atoms with van der Waals surface area (Å²) in [6, 6.07) is 8.00. The van der Waals surface area contributed by atoms with E-state index in [9.17, 15) is 9.59 Å². The number of carboxylic acid groups (broad SMARTS) is 1. The molecule has 112 valence electrons. The van der Waals surface area contributed by atoms with Gasteiger partial charge in [0.1, 0.15) is 0 Å². The lowest BCUT2D eigenvalue weighted by atomic mass is 10.2. The van der Waals surface area contributed by atoms with Gasteiger partial charge in [0.2, 0.25) is 0 Å². The Morgan fingerprint density at radius 1 is 1.33 bits per heavy atom. The first-order valence-corrected chi connectivity index (χ1v) is 6.67. The van der Waals surface area contributed by atoms with E-state index in [1.165, 1.54) is 9.80 Å². The lowest BCUT2D eigenvalue weighted by Gasteiger charge is -2.31. The van der Waals surface area contributed by atoms with Gasteiger partial charge in [-0.15, -0.1) is 0 Å². The van der Waals surface area contributed by atoms with Crippen LogP contribution in [-0.2, 0) is 4.79 Å². The van der Waals surface area contributed by atoms with Crippen molar-refractivity contribution in [3.63, 3.8) is 0 Å². The molecule has 1 N–H and O–H groups in total. The fraction of sp³-hybridized carbons (Fsp3) is 0.400. The molecule has 0 saturated carbocycles. The number of nitriles is 1. The summed E-state index contributed by atoms with van der Waals surface area (Å²) in [5.74, 6) is -0.935. The number of anilines is 1. The molecule has 0 aliphatic carbocycles. The molecule has 6 heteroatoms. The maximum Gasteiger partial charge on any atom is 0.324 e. The van der Waals surface area contributed by atoms with Crippen molar-refractivity contribution in [2.24, 2.45) is 0 Å². The summed E-state index contributed by atoms with van der Waals surface area (Å²) in [7, 11) is 1.62. The van der Waals surface area contributed by atoms with Crippen LogP contribution in [0.25, 0.3) is 0 Å². The smallest absolute Gasteiger partial charge is 0.324 e. The predicted molar refractivity (Wildman–Crippen MR) is 79.1 cm³/mol. The van der Waals surface area contributed by atoms with Crippen molar-refractivity contribution in [2.75, 3.05) is 18.5 Å². The Morgan fingerprint density at radius 2 is 1.90 bits per heavy atom. The fourth-order valence-corrected chi connectivity index (χ4v) is 2.06. The molecule has 0 spiro atoms. The highest BCUT2D eigenvalue weighted by molar-refractivity contribution is 5.91. The summed E-state index contributed by atoms with van der Waals surface area (Å²) in [4.78, 5) is 26.2. The molecule has 0 heterocycles. The van der Waals surface area contributed by atoms with Gasteiger partial charge in [-0.05, 0) is 38.1 Å². The molecule has 1 atom stereocenters. The third kappa shape index (κ3) is 4.21. The number of rotatable bonds is 5. The number of hydrogen-bond acceptors (Lipinski definition) is 3. The Hall–Kier alpha value is -2.55. The van der Waals surface area contributed by atoms with E-state index < -0.39 is 5.97 Å². The predicted octanol–water partition coefficient (Wildman–Crippen LogP) is 2.30. The number of carboxylic acids is 1. The summed E-state index contributed by atoms with van der Waals surface area (Å²) < 4.78 is 0. The SMILES string of the molecule is CCN(C(=O)N(C)c1ccc(C#N)cc1)C(C)CC(=O)O. The topological polar surface area (TPSA) is 84.6 Å². The van der Waals surface area contributed by atoms with Crippen molar-refractivity contribution in [1.82, 2.24) is 4.90 Å². The molecule has 0 radical (unpaired) electrons. The largest absolute Gasteiger partial charge is 0.481 e. The fourth-order valence-electron chi connectivity index (χ4n) is 2.06. The molecular formula is C15H19N3O3. The van der Waals surface area contributed by atoms with Gasteiger partial charge in [-0.3, -0.25) is 9.69 Å². The van der Waals surface area contributed by atoms with Crippen LogP contribution >= 0.6 is 0 Å². The Morgan fingerprint density at radius 3 is 2.33 bits per heavy atom. The molecule has 21 heavy (non-hydrogen) atoms. The van der Waals surface area contributed by atoms with Crippen molar-refractivity contribution < 1.29 is 14.7 Å². The number of amides is 2. The first-order valence-electron chi connectivity index (χ1n) is 6.67. The number of nitrogens with zero attached hydrogens (tertiary/aromatic N) is 3. The average Bonchev–Trinajstić information content (AvgIpc) is 2.46. The quantitative estimate of drug-likeness (QED) is 0.901. The molecule has 0 fully saturated rings. The van der Waals surface area contributed by atoms with Crippen LogP contribution in [0.5, 0.6) is 0 Å². The second-order valence-electron chi connectivity index (χ2n) is 4.73. The number of urea groups is 1. The molecule has 0 saturated heterocycles. The minimum Gasteiger partial charge on any atom is -0.481 e. The molecule has 0 aliphatic rings. The first kappa shape index (κ1) is 16.5. The van der Waals surface area contributed by atoms with Crippen LogP contribution in [0.15, 0.2) is 24.3 Å². The van der Waals surface area contributed by atoms with E-state index in [-0.39, 0.29) is 18.5 Å². The minimum absolute atomic E-state index is 0.0964. The number of aliphatic carboxylic acids is 1.